The molecule has 0 fully saturated rings. The van der Waals surface area contributed by atoms with Crippen molar-refractivity contribution < 1.29 is 0 Å². The van der Waals surface area contributed by atoms with E-state index in [0.29, 0.717) is 0 Å². The molecule has 0 bridgehead atoms. The Morgan fingerprint density at radius 3 is 1.35 bits per heavy atom. The number of rotatable bonds is 1. The Kier molecular flexibility index (Phi) is 7.69. The SMILES string of the molecule is Cc1ccc2cc(-c3ccccccccc4ccccc4c4ccccc4ccccc3)ccc2c1. The molecule has 0 radical (unpaired) electrons. The van der Waals surface area contributed by atoms with Crippen molar-refractivity contribution >= 4 is 32.3 Å². The Bertz CT molecular complexity index is 1740. The van der Waals surface area contributed by atoms with E-state index < -0.39 is 0 Å². The molecular formula is C37H30. The van der Waals surface area contributed by atoms with E-state index in [9.17, 15) is 0 Å². The van der Waals surface area contributed by atoms with Crippen LogP contribution in [0.5, 0.6) is 0 Å². The third kappa shape index (κ3) is 6.12. The second-order valence-electron chi connectivity index (χ2n) is 9.09. The van der Waals surface area contributed by atoms with Gasteiger partial charge in [0.15, 0.2) is 0 Å². The first-order chi connectivity index (χ1) is 18.3. The van der Waals surface area contributed by atoms with E-state index in [-0.39, 0.29) is 0 Å². The van der Waals surface area contributed by atoms with Crippen LogP contribution in [0.4, 0.5) is 0 Å². The highest BCUT2D eigenvalue weighted by Crippen LogP contribution is 2.25. The first kappa shape index (κ1) is 24.0. The van der Waals surface area contributed by atoms with Crippen LogP contribution in [0.3, 0.4) is 0 Å². The summed E-state index contributed by atoms with van der Waals surface area (Å²) in [6.07, 6.45) is 0. The number of hydrogen-bond donors (Lipinski definition) is 0. The van der Waals surface area contributed by atoms with Crippen molar-refractivity contribution in [1.82, 2.24) is 0 Å². The molecule has 0 amide bonds. The minimum Gasteiger partial charge on any atom is -0.0623 e. The van der Waals surface area contributed by atoms with E-state index >= 15 is 0 Å². The van der Waals surface area contributed by atoms with Gasteiger partial charge in [-0.2, -0.15) is 0 Å². The molecule has 0 unspecified atom stereocenters. The number of hydrogen-bond acceptors (Lipinski definition) is 0. The zero-order valence-corrected chi connectivity index (χ0v) is 21.1. The minimum absolute atomic E-state index is 1.16. The predicted octanol–water partition coefficient (Wildman–Crippen LogP) is 10.5. The van der Waals surface area contributed by atoms with Crippen molar-refractivity contribution in [3.8, 4) is 11.1 Å². The van der Waals surface area contributed by atoms with Gasteiger partial charge in [-0.05, 0) is 56.4 Å². The lowest BCUT2D eigenvalue weighted by atomic mass is 10.0. The lowest BCUT2D eigenvalue weighted by Crippen LogP contribution is -1.79. The van der Waals surface area contributed by atoms with E-state index in [1.807, 2.05) is 0 Å². The summed E-state index contributed by atoms with van der Waals surface area (Å²) >= 11 is 0. The molecule has 0 aliphatic carbocycles. The summed E-state index contributed by atoms with van der Waals surface area (Å²) in [6, 6.07) is 57.9. The van der Waals surface area contributed by atoms with Crippen molar-refractivity contribution in [2.24, 2.45) is 0 Å². The van der Waals surface area contributed by atoms with E-state index in [0.717, 1.165) is 5.56 Å². The lowest BCUT2D eigenvalue weighted by Gasteiger charge is -2.04. The van der Waals surface area contributed by atoms with Crippen molar-refractivity contribution in [2.45, 2.75) is 6.92 Å². The maximum atomic E-state index is 2.27. The smallest absolute Gasteiger partial charge is 0.0105 e. The summed E-state index contributed by atoms with van der Waals surface area (Å²) in [5, 5.41) is 7.37. The molecule has 0 atom stereocenters. The summed E-state index contributed by atoms with van der Waals surface area (Å²) in [4.78, 5) is 0. The van der Waals surface area contributed by atoms with Gasteiger partial charge in [-0.25, -0.2) is 0 Å². The Morgan fingerprint density at radius 1 is 0.297 bits per heavy atom. The van der Waals surface area contributed by atoms with Crippen molar-refractivity contribution in [3.63, 3.8) is 0 Å². The maximum absolute atomic E-state index is 2.27. The van der Waals surface area contributed by atoms with Crippen molar-refractivity contribution in [1.29, 1.82) is 0 Å². The second kappa shape index (κ2) is 11.8. The lowest BCUT2D eigenvalue weighted by molar-refractivity contribution is 1.50. The van der Waals surface area contributed by atoms with Gasteiger partial charge in [0.05, 0.1) is 0 Å². The third-order valence-corrected chi connectivity index (χ3v) is 6.42. The summed E-state index contributed by atoms with van der Waals surface area (Å²) < 4.78 is 0. The largest absolute Gasteiger partial charge is 0.0623 e. The molecule has 0 aromatic heterocycles. The van der Waals surface area contributed by atoms with Crippen LogP contribution in [0.1, 0.15) is 5.56 Å². The van der Waals surface area contributed by atoms with E-state index in [2.05, 4.69) is 171 Å². The average molecular weight is 475 g/mol. The van der Waals surface area contributed by atoms with Gasteiger partial charge in [0.1, 0.15) is 0 Å². The zero-order valence-electron chi connectivity index (χ0n) is 21.1. The minimum atomic E-state index is 1.16. The summed E-state index contributed by atoms with van der Waals surface area (Å²) in [5.41, 5.74) is 3.64. The van der Waals surface area contributed by atoms with Crippen LogP contribution in [-0.2, 0) is 0 Å². The van der Waals surface area contributed by atoms with Gasteiger partial charge in [0, 0.05) is 0 Å². The summed E-state index contributed by atoms with van der Waals surface area (Å²) in [6.45, 7) is 2.14. The molecule has 0 heterocycles. The van der Waals surface area contributed by atoms with Gasteiger partial charge in [-0.3, -0.25) is 0 Å². The number of fused-ring (bicyclic) bond motifs is 4. The van der Waals surface area contributed by atoms with Gasteiger partial charge >= 0.3 is 0 Å². The van der Waals surface area contributed by atoms with Crippen LogP contribution < -0.4 is 0 Å². The highest BCUT2D eigenvalue weighted by Gasteiger charge is 1.99. The van der Waals surface area contributed by atoms with Crippen molar-refractivity contribution in [3.05, 3.63) is 169 Å². The van der Waals surface area contributed by atoms with Crippen LogP contribution in [-0.4, -0.2) is 0 Å². The molecule has 0 spiro atoms. The highest BCUT2D eigenvalue weighted by atomic mass is 14.0. The third-order valence-electron chi connectivity index (χ3n) is 6.42. The van der Waals surface area contributed by atoms with E-state index in [1.165, 1.54) is 43.4 Å². The van der Waals surface area contributed by atoms with E-state index in [4.69, 9.17) is 0 Å². The quantitative estimate of drug-likeness (QED) is 0.227. The predicted molar refractivity (Wildman–Crippen MR) is 162 cm³/mol. The molecule has 5 aromatic rings. The molecule has 178 valence electrons. The molecule has 0 N–H and O–H groups in total. The molecule has 0 heteroatoms. The van der Waals surface area contributed by atoms with Crippen LogP contribution in [0.25, 0.3) is 43.4 Å². The summed E-state index contributed by atoms with van der Waals surface area (Å²) in [7, 11) is 0. The molecule has 0 aliphatic heterocycles. The Hall–Kier alpha value is -4.68. The second-order valence-corrected chi connectivity index (χ2v) is 9.09. The van der Waals surface area contributed by atoms with E-state index in [1.54, 1.807) is 0 Å². The average Bonchev–Trinajstić information content (AvgIpc) is 2.93. The summed E-state index contributed by atoms with van der Waals surface area (Å²) in [5.74, 6) is 0. The molecule has 0 saturated carbocycles. The van der Waals surface area contributed by atoms with Gasteiger partial charge in [-0.1, -0.05) is 163 Å². The molecule has 0 saturated heterocycles. The normalized spacial score (nSPS) is 10.3. The fourth-order valence-corrected chi connectivity index (χ4v) is 4.53. The Balaban J connectivity index is 1.68. The van der Waals surface area contributed by atoms with Crippen LogP contribution in [0.2, 0.25) is 0 Å². The highest BCUT2D eigenvalue weighted by molar-refractivity contribution is 6.05. The molecule has 0 nitrogen and oxygen atoms in total. The monoisotopic (exact) mass is 474 g/mol. The van der Waals surface area contributed by atoms with Crippen LogP contribution in [0, 0.1) is 6.92 Å². The number of benzene rings is 4. The number of aryl methyl sites for hydroxylation is 1. The van der Waals surface area contributed by atoms with Crippen LogP contribution in [0.15, 0.2) is 164 Å². The van der Waals surface area contributed by atoms with Gasteiger partial charge in [-0.15, -0.1) is 0 Å². The topological polar surface area (TPSA) is 0 Å². The molecule has 5 rings (SSSR count). The molecule has 5 aromatic carbocycles. The maximum Gasteiger partial charge on any atom is -0.0105 e. The van der Waals surface area contributed by atoms with Crippen LogP contribution >= 0.6 is 0 Å². The first-order valence-corrected chi connectivity index (χ1v) is 12.7. The Labute approximate surface area is 219 Å². The van der Waals surface area contributed by atoms with Gasteiger partial charge in [0.25, 0.3) is 0 Å². The molecular weight excluding hydrogens is 444 g/mol. The standard InChI is InChI=1S/C37H30/c1-29-23-24-35-28-34(26-25-33(35)27-29)30-15-7-4-2-3-5-8-17-31-19-11-13-21-36(31)37-22-14-12-20-32(37)18-10-6-9-16-30/h2-28H,1H3. The Morgan fingerprint density at radius 2 is 0.730 bits per heavy atom. The van der Waals surface area contributed by atoms with Crippen molar-refractivity contribution in [2.75, 3.05) is 0 Å². The molecule has 37 heavy (non-hydrogen) atoms. The zero-order chi connectivity index (χ0) is 25.3. The van der Waals surface area contributed by atoms with Gasteiger partial charge in [0.2, 0.25) is 0 Å². The van der Waals surface area contributed by atoms with Gasteiger partial charge < -0.3 is 0 Å². The first-order valence-electron chi connectivity index (χ1n) is 12.7. The fourth-order valence-electron chi connectivity index (χ4n) is 4.53. The molecule has 0 aliphatic rings. The fraction of sp³-hybridized carbons (Fsp3) is 0.0270.